The molecule has 1 aromatic rings. The minimum Gasteiger partial charge on any atom is -0.478 e. The highest BCUT2D eigenvalue weighted by molar-refractivity contribution is 8.00. The second-order valence-corrected chi connectivity index (χ2v) is 6.86. The van der Waals surface area contributed by atoms with Crippen LogP contribution in [0.5, 0.6) is 0 Å². The van der Waals surface area contributed by atoms with Crippen LogP contribution in [0.15, 0.2) is 17.0 Å². The summed E-state index contributed by atoms with van der Waals surface area (Å²) in [6.45, 7) is 0. The van der Waals surface area contributed by atoms with E-state index in [0.29, 0.717) is 5.75 Å². The number of sulfone groups is 1. The van der Waals surface area contributed by atoms with Crippen molar-refractivity contribution in [3.05, 3.63) is 28.5 Å². The van der Waals surface area contributed by atoms with Gasteiger partial charge in [0.25, 0.3) is 0 Å². The Morgan fingerprint density at radius 3 is 2.61 bits per heavy atom. The van der Waals surface area contributed by atoms with Gasteiger partial charge in [-0.2, -0.15) is 11.8 Å². The van der Waals surface area contributed by atoms with Crippen LogP contribution in [0.25, 0.3) is 0 Å². The van der Waals surface area contributed by atoms with Gasteiger partial charge in [0.1, 0.15) is 5.82 Å². The molecule has 0 amide bonds. The molecule has 0 unspecified atom stereocenters. The first-order valence-electron chi connectivity index (χ1n) is 4.73. The Bertz CT molecular complexity index is 571. The van der Waals surface area contributed by atoms with Gasteiger partial charge in [0.2, 0.25) is 0 Å². The average Bonchev–Trinajstić information content (AvgIpc) is 2.29. The standard InChI is InChI=1S/C10H10ClFO4S2/c1-17-2-3-18(15,16)6-4-7(10(13)14)9(11)8(12)5-6/h4-5H,2-3H2,1H3,(H,13,14). The van der Waals surface area contributed by atoms with Crippen LogP contribution in [0.2, 0.25) is 5.02 Å². The summed E-state index contributed by atoms with van der Waals surface area (Å²) >= 11 is 6.79. The lowest BCUT2D eigenvalue weighted by Gasteiger charge is -2.07. The van der Waals surface area contributed by atoms with Gasteiger partial charge in [-0.05, 0) is 18.4 Å². The molecule has 0 aliphatic carbocycles. The van der Waals surface area contributed by atoms with Gasteiger partial charge in [0.15, 0.2) is 9.84 Å². The van der Waals surface area contributed by atoms with Gasteiger partial charge < -0.3 is 5.11 Å². The summed E-state index contributed by atoms with van der Waals surface area (Å²) in [7, 11) is -3.70. The summed E-state index contributed by atoms with van der Waals surface area (Å²) in [6.07, 6.45) is 1.74. The minimum atomic E-state index is -3.70. The zero-order chi connectivity index (χ0) is 13.9. The van der Waals surface area contributed by atoms with Gasteiger partial charge in [-0.25, -0.2) is 17.6 Å². The van der Waals surface area contributed by atoms with Gasteiger partial charge in [-0.1, -0.05) is 11.6 Å². The minimum absolute atomic E-state index is 0.186. The highest BCUT2D eigenvalue weighted by atomic mass is 35.5. The highest BCUT2D eigenvalue weighted by Gasteiger charge is 2.21. The number of hydrogen-bond acceptors (Lipinski definition) is 4. The molecular formula is C10H10ClFO4S2. The van der Waals surface area contributed by atoms with E-state index in [2.05, 4.69) is 0 Å². The van der Waals surface area contributed by atoms with Gasteiger partial charge in [-0.15, -0.1) is 0 Å². The maximum Gasteiger partial charge on any atom is 0.337 e. The molecule has 4 nitrogen and oxygen atoms in total. The summed E-state index contributed by atoms with van der Waals surface area (Å²) in [5, 5.41) is 8.21. The SMILES string of the molecule is CSCCS(=O)(=O)c1cc(F)c(Cl)c(C(=O)O)c1. The van der Waals surface area contributed by atoms with Gasteiger partial charge in [0.05, 0.1) is 21.2 Å². The number of rotatable bonds is 5. The van der Waals surface area contributed by atoms with Crippen LogP contribution in [-0.2, 0) is 9.84 Å². The lowest BCUT2D eigenvalue weighted by molar-refractivity contribution is 0.0696. The molecular weight excluding hydrogens is 303 g/mol. The molecule has 18 heavy (non-hydrogen) atoms. The molecule has 0 aliphatic rings. The number of halogens is 2. The van der Waals surface area contributed by atoms with Crippen LogP contribution >= 0.6 is 23.4 Å². The van der Waals surface area contributed by atoms with Crippen molar-refractivity contribution in [2.45, 2.75) is 4.90 Å². The zero-order valence-electron chi connectivity index (χ0n) is 9.31. The predicted octanol–water partition coefficient (Wildman–Crippen LogP) is 2.31. The Kier molecular flexibility index (Phi) is 5.01. The Morgan fingerprint density at radius 2 is 2.11 bits per heavy atom. The molecule has 8 heteroatoms. The van der Waals surface area contributed by atoms with Crippen molar-refractivity contribution in [3.63, 3.8) is 0 Å². The van der Waals surface area contributed by atoms with Crippen molar-refractivity contribution in [3.8, 4) is 0 Å². The molecule has 0 saturated carbocycles. The third-order valence-electron chi connectivity index (χ3n) is 2.15. The fraction of sp³-hybridized carbons (Fsp3) is 0.300. The van der Waals surface area contributed by atoms with Crippen LogP contribution in [0.4, 0.5) is 4.39 Å². The van der Waals surface area contributed by atoms with E-state index in [-0.39, 0.29) is 10.6 Å². The molecule has 1 rings (SSSR count). The predicted molar refractivity (Wildman–Crippen MR) is 68.8 cm³/mol. The van der Waals surface area contributed by atoms with E-state index in [9.17, 15) is 17.6 Å². The first kappa shape index (κ1) is 15.3. The summed E-state index contributed by atoms with van der Waals surface area (Å²) in [4.78, 5) is 10.5. The van der Waals surface area contributed by atoms with Crippen LogP contribution in [-0.4, -0.2) is 37.3 Å². The van der Waals surface area contributed by atoms with Crippen LogP contribution in [0.3, 0.4) is 0 Å². The maximum atomic E-state index is 13.4. The second kappa shape index (κ2) is 5.90. The molecule has 0 spiro atoms. The zero-order valence-corrected chi connectivity index (χ0v) is 11.7. The summed E-state index contributed by atoms with van der Waals surface area (Å²) in [5.41, 5.74) is -0.556. The molecule has 0 fully saturated rings. The third-order valence-corrected chi connectivity index (χ3v) is 5.10. The van der Waals surface area contributed by atoms with E-state index in [1.807, 2.05) is 0 Å². The normalized spacial score (nSPS) is 11.5. The molecule has 0 aliphatic heterocycles. The van der Waals surface area contributed by atoms with E-state index in [0.717, 1.165) is 12.1 Å². The Morgan fingerprint density at radius 1 is 1.50 bits per heavy atom. The molecule has 0 atom stereocenters. The monoisotopic (exact) mass is 312 g/mol. The number of hydrogen-bond donors (Lipinski definition) is 1. The van der Waals surface area contributed by atoms with Gasteiger partial charge >= 0.3 is 5.97 Å². The highest BCUT2D eigenvalue weighted by Crippen LogP contribution is 2.25. The molecule has 1 aromatic carbocycles. The number of carboxylic acids is 1. The lowest BCUT2D eigenvalue weighted by atomic mass is 10.2. The van der Waals surface area contributed by atoms with Crippen molar-refractivity contribution < 1.29 is 22.7 Å². The number of thioether (sulfide) groups is 1. The number of aromatic carboxylic acids is 1. The van der Waals surface area contributed by atoms with E-state index in [4.69, 9.17) is 16.7 Å². The van der Waals surface area contributed by atoms with Gasteiger partial charge in [0, 0.05) is 5.75 Å². The fourth-order valence-electron chi connectivity index (χ4n) is 1.21. The first-order chi connectivity index (χ1) is 8.29. The Balaban J connectivity index is 3.31. The van der Waals surface area contributed by atoms with Crippen molar-refractivity contribution in [1.82, 2.24) is 0 Å². The molecule has 0 saturated heterocycles. The third kappa shape index (κ3) is 3.37. The molecule has 0 heterocycles. The quantitative estimate of drug-likeness (QED) is 0.903. The van der Waals surface area contributed by atoms with Crippen molar-refractivity contribution in [1.29, 1.82) is 0 Å². The largest absolute Gasteiger partial charge is 0.478 e. The van der Waals surface area contributed by atoms with E-state index in [1.54, 1.807) is 6.26 Å². The fourth-order valence-corrected chi connectivity index (χ4v) is 3.76. The van der Waals surface area contributed by atoms with E-state index >= 15 is 0 Å². The van der Waals surface area contributed by atoms with E-state index in [1.165, 1.54) is 11.8 Å². The van der Waals surface area contributed by atoms with Crippen molar-refractivity contribution in [2.75, 3.05) is 17.8 Å². The lowest BCUT2D eigenvalue weighted by Crippen LogP contribution is -2.11. The average molecular weight is 313 g/mol. The van der Waals surface area contributed by atoms with E-state index < -0.39 is 32.2 Å². The summed E-state index contributed by atoms with van der Waals surface area (Å²) < 4.78 is 37.0. The van der Waals surface area contributed by atoms with Crippen molar-refractivity contribution >= 4 is 39.2 Å². The van der Waals surface area contributed by atoms with Crippen LogP contribution in [0.1, 0.15) is 10.4 Å². The van der Waals surface area contributed by atoms with Crippen LogP contribution in [0, 0.1) is 5.82 Å². The number of carbonyl (C=O) groups is 1. The summed E-state index contributed by atoms with van der Waals surface area (Å²) in [5.74, 6) is -2.37. The molecule has 0 bridgehead atoms. The van der Waals surface area contributed by atoms with Crippen LogP contribution < -0.4 is 0 Å². The maximum absolute atomic E-state index is 13.4. The second-order valence-electron chi connectivity index (χ2n) is 3.38. The topological polar surface area (TPSA) is 71.4 Å². The molecule has 100 valence electrons. The molecule has 0 aromatic heterocycles. The first-order valence-corrected chi connectivity index (χ1v) is 8.16. The molecule has 1 N–H and O–H groups in total. The van der Waals surface area contributed by atoms with Crippen molar-refractivity contribution in [2.24, 2.45) is 0 Å². The Hall–Kier alpha value is -0.790. The molecule has 0 radical (unpaired) electrons. The number of benzene rings is 1. The smallest absolute Gasteiger partial charge is 0.337 e. The summed E-state index contributed by atoms with van der Waals surface area (Å²) in [6, 6.07) is 1.62. The number of carboxylic acid groups (broad SMARTS) is 1. The van der Waals surface area contributed by atoms with Gasteiger partial charge in [-0.3, -0.25) is 0 Å². The Labute approximate surface area is 113 Å².